The number of hydrogen-bond donors (Lipinski definition) is 0. The number of rotatable bonds is 3. The summed E-state index contributed by atoms with van der Waals surface area (Å²) >= 11 is 0. The number of ether oxygens (including phenoxy) is 3. The lowest BCUT2D eigenvalue weighted by molar-refractivity contribution is -0.124. The van der Waals surface area contributed by atoms with Crippen LogP contribution in [0.5, 0.6) is 11.5 Å². The Bertz CT molecular complexity index is 1350. The van der Waals surface area contributed by atoms with Crippen molar-refractivity contribution in [2.75, 3.05) is 20.3 Å². The summed E-state index contributed by atoms with van der Waals surface area (Å²) in [7, 11) is 1.64. The normalized spacial score (nSPS) is 23.8. The summed E-state index contributed by atoms with van der Waals surface area (Å²) in [6, 6.07) is 10.4. The lowest BCUT2D eigenvalue weighted by atomic mass is 10.0. The molecule has 1 saturated heterocycles. The Labute approximate surface area is 195 Å². The van der Waals surface area contributed by atoms with Crippen LogP contribution in [-0.4, -0.2) is 46.7 Å². The first kappa shape index (κ1) is 20.6. The van der Waals surface area contributed by atoms with Crippen LogP contribution in [-0.2, 0) is 15.3 Å². The molecule has 3 aliphatic rings. The molecule has 2 unspecified atom stereocenters. The highest BCUT2D eigenvalue weighted by Crippen LogP contribution is 2.47. The first-order valence-corrected chi connectivity index (χ1v) is 11.0. The fraction of sp³-hybridized carbons (Fsp3) is 0.280. The number of hydrogen-bond acceptors (Lipinski definition) is 7. The zero-order chi connectivity index (χ0) is 23.4. The van der Waals surface area contributed by atoms with E-state index in [-0.39, 0.29) is 18.5 Å². The van der Waals surface area contributed by atoms with Crippen LogP contribution in [0.25, 0.3) is 11.8 Å². The molecular weight excluding hydrogens is 439 g/mol. The molecule has 0 N–H and O–H groups in total. The Morgan fingerprint density at radius 1 is 1.24 bits per heavy atom. The second kappa shape index (κ2) is 7.51. The molecule has 3 aromatic rings. The maximum absolute atomic E-state index is 13.7. The molecule has 1 aromatic heterocycles. The number of aryl methyl sites for hydroxylation is 1. The number of aromatic nitrogens is 2. The lowest BCUT2D eigenvalue weighted by Gasteiger charge is -2.38. The fourth-order valence-electron chi connectivity index (χ4n) is 4.65. The zero-order valence-electron chi connectivity index (χ0n) is 19.0. The van der Waals surface area contributed by atoms with Crippen molar-refractivity contribution in [3.63, 3.8) is 0 Å². The number of halogens is 1. The van der Waals surface area contributed by atoms with Crippen LogP contribution in [0.2, 0.25) is 0 Å². The topological polar surface area (TPSA) is 70.3 Å². The molecule has 1 fully saturated rings. The van der Waals surface area contributed by atoms with Crippen molar-refractivity contribution < 1.29 is 23.4 Å². The Balaban J connectivity index is 1.35. The summed E-state index contributed by atoms with van der Waals surface area (Å²) in [4.78, 5) is 12.3. The van der Waals surface area contributed by atoms with Crippen LogP contribution >= 0.6 is 0 Å². The van der Waals surface area contributed by atoms with Gasteiger partial charge >= 0.3 is 0 Å². The summed E-state index contributed by atoms with van der Waals surface area (Å²) in [6.45, 7) is 4.70. The number of oxime groups is 1. The smallest absolute Gasteiger partial charge is 0.275 e. The highest BCUT2D eigenvalue weighted by Gasteiger charge is 2.56. The largest absolute Gasteiger partial charge is 0.495 e. The summed E-state index contributed by atoms with van der Waals surface area (Å²) in [5, 5.41) is 4.37. The Hall–Kier alpha value is -4.01. The van der Waals surface area contributed by atoms with Crippen molar-refractivity contribution in [2.24, 2.45) is 5.16 Å². The third-order valence-corrected chi connectivity index (χ3v) is 6.24. The van der Waals surface area contributed by atoms with Gasteiger partial charge in [-0.2, -0.15) is 0 Å². The predicted molar refractivity (Wildman–Crippen MR) is 122 cm³/mol. The molecule has 0 amide bonds. The summed E-state index contributed by atoms with van der Waals surface area (Å²) in [5.41, 5.74) is 2.51. The van der Waals surface area contributed by atoms with Crippen LogP contribution in [0, 0.1) is 12.7 Å². The van der Waals surface area contributed by atoms with Gasteiger partial charge in [0, 0.05) is 12.3 Å². The van der Waals surface area contributed by atoms with E-state index >= 15 is 0 Å². The molecule has 6 rings (SSSR count). The monoisotopic (exact) mass is 462 g/mol. The Morgan fingerprint density at radius 2 is 2.12 bits per heavy atom. The highest BCUT2D eigenvalue weighted by atomic mass is 19.1. The van der Waals surface area contributed by atoms with Gasteiger partial charge in [0.2, 0.25) is 5.84 Å². The molecular formula is C25H23FN4O4. The fourth-order valence-corrected chi connectivity index (χ4v) is 4.65. The number of nitrogens with zero attached hydrogens (tertiary/aromatic N) is 4. The van der Waals surface area contributed by atoms with Gasteiger partial charge < -0.3 is 28.5 Å². The average Bonchev–Trinajstić information content (AvgIpc) is 3.52. The molecule has 9 heteroatoms. The zero-order valence-corrected chi connectivity index (χ0v) is 19.0. The quantitative estimate of drug-likeness (QED) is 0.587. The molecule has 174 valence electrons. The molecule has 0 saturated carbocycles. The molecule has 2 atom stereocenters. The second-order valence-electron chi connectivity index (χ2n) is 8.62. The highest BCUT2D eigenvalue weighted by molar-refractivity contribution is 6.02. The number of morpholine rings is 1. The number of benzene rings is 2. The van der Waals surface area contributed by atoms with Crippen LogP contribution in [0.1, 0.15) is 23.7 Å². The maximum Gasteiger partial charge on any atom is 0.275 e. The number of methoxy groups -OCH3 is 1. The molecule has 34 heavy (non-hydrogen) atoms. The predicted octanol–water partition coefficient (Wildman–Crippen LogP) is 3.98. The van der Waals surface area contributed by atoms with Crippen LogP contribution < -0.4 is 9.47 Å². The van der Waals surface area contributed by atoms with Crippen molar-refractivity contribution >= 4 is 11.9 Å². The first-order chi connectivity index (χ1) is 16.5. The third kappa shape index (κ3) is 3.11. The minimum Gasteiger partial charge on any atom is -0.495 e. The van der Waals surface area contributed by atoms with Gasteiger partial charge in [0.05, 0.1) is 36.9 Å². The molecule has 1 spiro atoms. The van der Waals surface area contributed by atoms with Crippen LogP contribution in [0.3, 0.4) is 0 Å². The van der Waals surface area contributed by atoms with Crippen molar-refractivity contribution in [1.29, 1.82) is 0 Å². The molecule has 0 aliphatic carbocycles. The Morgan fingerprint density at radius 3 is 2.91 bits per heavy atom. The van der Waals surface area contributed by atoms with Crippen molar-refractivity contribution in [3.8, 4) is 17.2 Å². The van der Waals surface area contributed by atoms with Gasteiger partial charge in [0.1, 0.15) is 23.4 Å². The van der Waals surface area contributed by atoms with E-state index in [0.29, 0.717) is 29.6 Å². The SMILES string of the molecule is COc1cc(/C=C2\OC(C)CN3C2=NOC32COc3cc(F)ccc32)ccc1-n1cnc(C)c1. The van der Waals surface area contributed by atoms with E-state index in [9.17, 15) is 4.39 Å². The first-order valence-electron chi connectivity index (χ1n) is 11.0. The van der Waals surface area contributed by atoms with E-state index in [1.54, 1.807) is 19.5 Å². The average molecular weight is 462 g/mol. The Kier molecular flexibility index (Phi) is 4.55. The van der Waals surface area contributed by atoms with E-state index in [1.165, 1.54) is 12.1 Å². The molecule has 0 bridgehead atoms. The van der Waals surface area contributed by atoms with Gasteiger partial charge in [-0.25, -0.2) is 9.37 Å². The standard InChI is InChI=1S/C25H23FN4O4/c1-15-11-29(14-27-15)20-7-4-17(8-22(20)31-3)9-23-24-28-34-25(30(24)12-16(2)33-23)13-32-21-10-18(26)5-6-19(21)25/h4-11,14,16H,12-13H2,1-3H3/b23-9-. The molecule has 2 aromatic carbocycles. The minimum absolute atomic E-state index is 0.122. The molecule has 3 aliphatic heterocycles. The van der Waals surface area contributed by atoms with Gasteiger partial charge in [-0.1, -0.05) is 11.2 Å². The third-order valence-electron chi connectivity index (χ3n) is 6.24. The van der Waals surface area contributed by atoms with Gasteiger partial charge in [0.15, 0.2) is 12.4 Å². The summed E-state index contributed by atoms with van der Waals surface area (Å²) in [5.74, 6) is 1.98. The minimum atomic E-state index is -0.934. The van der Waals surface area contributed by atoms with Gasteiger partial charge in [-0.3, -0.25) is 0 Å². The molecule has 4 heterocycles. The molecule has 0 radical (unpaired) electrons. The molecule has 8 nitrogen and oxygen atoms in total. The van der Waals surface area contributed by atoms with E-state index in [1.807, 2.05) is 53.8 Å². The van der Waals surface area contributed by atoms with Gasteiger partial charge in [0.25, 0.3) is 5.72 Å². The second-order valence-corrected chi connectivity index (χ2v) is 8.62. The van der Waals surface area contributed by atoms with Crippen LogP contribution in [0.15, 0.2) is 59.8 Å². The van der Waals surface area contributed by atoms with Gasteiger partial charge in [-0.05, 0) is 49.8 Å². The van der Waals surface area contributed by atoms with Gasteiger partial charge in [-0.15, -0.1) is 0 Å². The maximum atomic E-state index is 13.7. The van der Waals surface area contributed by atoms with E-state index in [4.69, 9.17) is 19.0 Å². The summed E-state index contributed by atoms with van der Waals surface area (Å²) in [6.07, 6.45) is 5.49. The number of amidine groups is 1. The summed E-state index contributed by atoms with van der Waals surface area (Å²) < 4.78 is 33.2. The van der Waals surface area contributed by atoms with E-state index < -0.39 is 5.72 Å². The number of fused-ring (bicyclic) bond motifs is 4. The van der Waals surface area contributed by atoms with Crippen molar-refractivity contribution in [2.45, 2.75) is 25.7 Å². The van der Waals surface area contributed by atoms with Crippen molar-refractivity contribution in [3.05, 3.63) is 77.3 Å². The number of imidazole rings is 1. The lowest BCUT2D eigenvalue weighted by Crippen LogP contribution is -2.53. The van der Waals surface area contributed by atoms with E-state index in [0.717, 1.165) is 22.5 Å². The van der Waals surface area contributed by atoms with Crippen LogP contribution in [0.4, 0.5) is 4.39 Å². The van der Waals surface area contributed by atoms with E-state index in [2.05, 4.69) is 10.1 Å². The van der Waals surface area contributed by atoms with Crippen molar-refractivity contribution in [1.82, 2.24) is 14.5 Å².